The van der Waals surface area contributed by atoms with Crippen molar-refractivity contribution >= 4 is 29.0 Å². The molecule has 0 aliphatic heterocycles. The van der Waals surface area contributed by atoms with E-state index >= 15 is 0 Å². The first kappa shape index (κ1) is 10.5. The van der Waals surface area contributed by atoms with Crippen molar-refractivity contribution in [2.45, 2.75) is 18.2 Å². The van der Waals surface area contributed by atoms with E-state index < -0.39 is 0 Å². The number of nitrogens with two attached hydrogens (primary N) is 1. The Balaban J connectivity index is 2.64. The molecular formula is C10H13NS2. The van der Waals surface area contributed by atoms with Gasteiger partial charge in [0.15, 0.2) is 0 Å². The van der Waals surface area contributed by atoms with Gasteiger partial charge in [-0.25, -0.2) is 0 Å². The molecule has 0 atom stereocenters. The average molecular weight is 211 g/mol. The molecule has 0 saturated heterocycles. The number of rotatable bonds is 4. The zero-order chi connectivity index (χ0) is 9.68. The van der Waals surface area contributed by atoms with Gasteiger partial charge in [0.2, 0.25) is 0 Å². The molecule has 1 nitrogen and oxygen atoms in total. The Bertz CT molecular complexity index is 279. The van der Waals surface area contributed by atoms with Crippen LogP contribution in [0.5, 0.6) is 0 Å². The normalized spacial score (nSPS) is 9.92. The second kappa shape index (κ2) is 5.25. The van der Waals surface area contributed by atoms with Crippen molar-refractivity contribution in [2.75, 3.05) is 5.75 Å². The summed E-state index contributed by atoms with van der Waals surface area (Å²) < 4.78 is 0. The fourth-order valence-electron chi connectivity index (χ4n) is 1.07. The van der Waals surface area contributed by atoms with E-state index in [1.165, 1.54) is 10.5 Å². The molecule has 0 amide bonds. The Morgan fingerprint density at radius 2 is 2.00 bits per heavy atom. The Hall–Kier alpha value is -0.540. The van der Waals surface area contributed by atoms with E-state index in [0.29, 0.717) is 11.4 Å². The SMILES string of the molecule is CCSc1ccc(CC(N)=S)cc1. The predicted molar refractivity (Wildman–Crippen MR) is 63.3 cm³/mol. The summed E-state index contributed by atoms with van der Waals surface area (Å²) in [6.07, 6.45) is 0.701. The van der Waals surface area contributed by atoms with E-state index in [9.17, 15) is 0 Å². The van der Waals surface area contributed by atoms with E-state index in [0.717, 1.165) is 5.75 Å². The fourth-order valence-corrected chi connectivity index (χ4v) is 1.90. The van der Waals surface area contributed by atoms with Crippen molar-refractivity contribution < 1.29 is 0 Å². The van der Waals surface area contributed by atoms with E-state index in [4.69, 9.17) is 18.0 Å². The largest absolute Gasteiger partial charge is 0.393 e. The smallest absolute Gasteiger partial charge is 0.0771 e. The third kappa shape index (κ3) is 3.79. The molecule has 1 aromatic rings. The lowest BCUT2D eigenvalue weighted by Crippen LogP contribution is -2.10. The van der Waals surface area contributed by atoms with Crippen molar-refractivity contribution in [3.63, 3.8) is 0 Å². The minimum Gasteiger partial charge on any atom is -0.393 e. The monoisotopic (exact) mass is 211 g/mol. The highest BCUT2D eigenvalue weighted by molar-refractivity contribution is 7.99. The number of benzene rings is 1. The molecule has 13 heavy (non-hydrogen) atoms. The molecule has 0 aromatic heterocycles. The number of thioether (sulfide) groups is 1. The first-order chi connectivity index (χ1) is 6.22. The molecule has 0 unspecified atom stereocenters. The van der Waals surface area contributed by atoms with Crippen LogP contribution in [0.15, 0.2) is 29.2 Å². The molecule has 0 heterocycles. The van der Waals surface area contributed by atoms with Gasteiger partial charge in [0.05, 0.1) is 4.99 Å². The molecule has 0 aliphatic rings. The van der Waals surface area contributed by atoms with Crippen LogP contribution in [0, 0.1) is 0 Å². The summed E-state index contributed by atoms with van der Waals surface area (Å²) in [6.45, 7) is 2.15. The van der Waals surface area contributed by atoms with Crippen LogP contribution in [0.3, 0.4) is 0 Å². The van der Waals surface area contributed by atoms with Crippen LogP contribution in [0.1, 0.15) is 12.5 Å². The van der Waals surface area contributed by atoms with Crippen LogP contribution in [-0.4, -0.2) is 10.7 Å². The van der Waals surface area contributed by atoms with Crippen molar-refractivity contribution in [3.05, 3.63) is 29.8 Å². The molecule has 0 fully saturated rings. The van der Waals surface area contributed by atoms with Gasteiger partial charge in [-0.3, -0.25) is 0 Å². The highest BCUT2D eigenvalue weighted by atomic mass is 32.2. The Morgan fingerprint density at radius 1 is 1.38 bits per heavy atom. The third-order valence-electron chi connectivity index (χ3n) is 1.61. The number of hydrogen-bond acceptors (Lipinski definition) is 2. The van der Waals surface area contributed by atoms with E-state index in [1.807, 2.05) is 11.8 Å². The Labute approximate surface area is 88.7 Å². The standard InChI is InChI=1S/C10H13NS2/c1-2-13-9-5-3-8(4-6-9)7-10(11)12/h3-6H,2,7H2,1H3,(H2,11,12). The molecule has 70 valence electrons. The van der Waals surface area contributed by atoms with Crippen molar-refractivity contribution in [2.24, 2.45) is 5.73 Å². The van der Waals surface area contributed by atoms with Crippen LogP contribution in [0.25, 0.3) is 0 Å². The van der Waals surface area contributed by atoms with Crippen LogP contribution in [-0.2, 0) is 6.42 Å². The molecule has 0 aliphatic carbocycles. The van der Waals surface area contributed by atoms with Crippen LogP contribution < -0.4 is 5.73 Å². The maximum absolute atomic E-state index is 5.45. The topological polar surface area (TPSA) is 26.0 Å². The summed E-state index contributed by atoms with van der Waals surface area (Å²) in [4.78, 5) is 1.85. The summed E-state index contributed by atoms with van der Waals surface area (Å²) in [5, 5.41) is 0. The Morgan fingerprint density at radius 3 is 2.46 bits per heavy atom. The Kier molecular flexibility index (Phi) is 4.25. The van der Waals surface area contributed by atoms with Crippen molar-refractivity contribution in [3.8, 4) is 0 Å². The predicted octanol–water partition coefficient (Wildman–Crippen LogP) is 2.63. The lowest BCUT2D eigenvalue weighted by Gasteiger charge is -2.01. The highest BCUT2D eigenvalue weighted by Gasteiger charge is 1.95. The van der Waals surface area contributed by atoms with E-state index in [-0.39, 0.29) is 0 Å². The third-order valence-corrected chi connectivity index (χ3v) is 2.65. The first-order valence-corrected chi connectivity index (χ1v) is 5.62. The molecule has 1 aromatic carbocycles. The zero-order valence-corrected chi connectivity index (χ0v) is 9.25. The summed E-state index contributed by atoms with van der Waals surface area (Å²) >= 11 is 6.67. The molecule has 3 heteroatoms. The fraction of sp³-hybridized carbons (Fsp3) is 0.300. The van der Waals surface area contributed by atoms with Gasteiger partial charge in [-0.15, -0.1) is 11.8 Å². The van der Waals surface area contributed by atoms with Crippen LogP contribution in [0.4, 0.5) is 0 Å². The average Bonchev–Trinajstić information content (AvgIpc) is 2.08. The molecule has 0 saturated carbocycles. The molecule has 0 radical (unpaired) electrons. The molecular weight excluding hydrogens is 198 g/mol. The van der Waals surface area contributed by atoms with Crippen LogP contribution in [0.2, 0.25) is 0 Å². The van der Waals surface area contributed by atoms with E-state index in [2.05, 4.69) is 31.2 Å². The van der Waals surface area contributed by atoms with Gasteiger partial charge in [-0.05, 0) is 23.4 Å². The maximum atomic E-state index is 5.45. The second-order valence-corrected chi connectivity index (χ2v) is 4.58. The van der Waals surface area contributed by atoms with Crippen molar-refractivity contribution in [1.82, 2.24) is 0 Å². The quantitative estimate of drug-likeness (QED) is 0.612. The number of hydrogen-bond donors (Lipinski definition) is 1. The first-order valence-electron chi connectivity index (χ1n) is 4.22. The molecule has 0 spiro atoms. The van der Waals surface area contributed by atoms with Gasteiger partial charge >= 0.3 is 0 Å². The second-order valence-electron chi connectivity index (χ2n) is 2.72. The minimum atomic E-state index is 0.552. The van der Waals surface area contributed by atoms with Gasteiger partial charge in [-0.1, -0.05) is 31.3 Å². The maximum Gasteiger partial charge on any atom is 0.0771 e. The van der Waals surface area contributed by atoms with Gasteiger partial charge in [0.25, 0.3) is 0 Å². The number of thiocarbonyl (C=S) groups is 1. The summed E-state index contributed by atoms with van der Waals surface area (Å²) in [6, 6.07) is 8.39. The summed E-state index contributed by atoms with van der Waals surface area (Å²) in [5.74, 6) is 1.11. The van der Waals surface area contributed by atoms with Crippen molar-refractivity contribution in [1.29, 1.82) is 0 Å². The van der Waals surface area contributed by atoms with Gasteiger partial charge < -0.3 is 5.73 Å². The zero-order valence-electron chi connectivity index (χ0n) is 7.62. The van der Waals surface area contributed by atoms with Gasteiger partial charge in [0.1, 0.15) is 0 Å². The van der Waals surface area contributed by atoms with Gasteiger partial charge in [-0.2, -0.15) is 0 Å². The molecule has 0 bridgehead atoms. The minimum absolute atomic E-state index is 0.552. The molecule has 1 rings (SSSR count). The van der Waals surface area contributed by atoms with Gasteiger partial charge in [0, 0.05) is 11.3 Å². The summed E-state index contributed by atoms with van der Waals surface area (Å²) in [5.41, 5.74) is 6.64. The van der Waals surface area contributed by atoms with E-state index in [1.54, 1.807) is 0 Å². The molecule has 2 N–H and O–H groups in total. The summed E-state index contributed by atoms with van der Waals surface area (Å²) in [7, 11) is 0. The lowest BCUT2D eigenvalue weighted by atomic mass is 10.1. The lowest BCUT2D eigenvalue weighted by molar-refractivity contribution is 1.29. The van der Waals surface area contributed by atoms with Crippen LogP contribution >= 0.6 is 24.0 Å². The highest BCUT2D eigenvalue weighted by Crippen LogP contribution is 2.17.